The molecule has 0 spiro atoms. The fourth-order valence-electron chi connectivity index (χ4n) is 9.95. The molecule has 9 aromatic carbocycles. The smallest absolute Gasteiger partial charge is 0.166 e. The largest absolute Gasteiger partial charge is 0.454 e. The Hall–Kier alpha value is -8.81. The van der Waals surface area contributed by atoms with Gasteiger partial charge in [-0.3, -0.25) is 0 Å². The summed E-state index contributed by atoms with van der Waals surface area (Å²) in [5.74, 6) is 1.72. The monoisotopic (exact) mass is 851 g/mol. The van der Waals surface area contributed by atoms with Gasteiger partial charge in [0.1, 0.15) is 11.2 Å². The highest BCUT2D eigenvalue weighted by molar-refractivity contribution is 6.23. The van der Waals surface area contributed by atoms with Crippen molar-refractivity contribution >= 4 is 87.5 Å². The van der Waals surface area contributed by atoms with Crippen LogP contribution in [0.4, 0.5) is 0 Å². The van der Waals surface area contributed by atoms with Crippen LogP contribution in [0.5, 0.6) is 0 Å². The van der Waals surface area contributed by atoms with E-state index in [0.29, 0.717) is 17.5 Å². The second kappa shape index (κ2) is 14.9. The third-order valence-electron chi connectivity index (χ3n) is 12.8. The highest BCUT2D eigenvalue weighted by atomic mass is 16.3. The van der Waals surface area contributed by atoms with Crippen LogP contribution < -0.4 is 0 Å². The molecule has 7 heteroatoms. The van der Waals surface area contributed by atoms with E-state index in [2.05, 4.69) is 124 Å². The van der Waals surface area contributed by atoms with Crippen molar-refractivity contribution in [3.05, 3.63) is 200 Å². The fourth-order valence-corrected chi connectivity index (χ4v) is 9.95. The van der Waals surface area contributed by atoms with Gasteiger partial charge in [0.05, 0.1) is 27.8 Å². The van der Waals surface area contributed by atoms with Crippen molar-refractivity contribution < 1.29 is 8.83 Å². The maximum atomic E-state index is 6.83. The predicted octanol–water partition coefficient (Wildman–Crippen LogP) is 16.1. The van der Waals surface area contributed by atoms with Crippen molar-refractivity contribution in [1.29, 1.82) is 0 Å². The Balaban J connectivity index is 0.00000228. The Kier molecular flexibility index (Phi) is 8.76. The molecule has 0 bridgehead atoms. The number of furan rings is 2. The number of nitrogens with zero attached hydrogens (tertiary/aromatic N) is 5. The van der Waals surface area contributed by atoms with Gasteiger partial charge >= 0.3 is 0 Å². The van der Waals surface area contributed by atoms with Gasteiger partial charge in [-0.2, -0.15) is 0 Å². The molecule has 5 aromatic heterocycles. The molecule has 0 aliphatic rings. The molecule has 314 valence electrons. The molecule has 0 aliphatic carbocycles. The lowest BCUT2D eigenvalue weighted by Crippen LogP contribution is -2.05. The first-order chi connectivity index (χ1) is 31.7. The van der Waals surface area contributed by atoms with Gasteiger partial charge in [0, 0.05) is 65.5 Å². The summed E-state index contributed by atoms with van der Waals surface area (Å²) in [5.41, 5.74) is 11.9. The minimum absolute atomic E-state index is 0. The summed E-state index contributed by atoms with van der Waals surface area (Å²) in [5, 5.41) is 8.76. The molecule has 14 aromatic rings. The van der Waals surface area contributed by atoms with Crippen LogP contribution in [0.3, 0.4) is 0 Å². The van der Waals surface area contributed by atoms with Crippen molar-refractivity contribution in [3.8, 4) is 45.5 Å². The van der Waals surface area contributed by atoms with Crippen LogP contribution in [0.15, 0.2) is 209 Å². The normalized spacial score (nSPS) is 11.7. The number of para-hydroxylation sites is 4. The average Bonchev–Trinajstić information content (AvgIpc) is 4.12. The third kappa shape index (κ3) is 5.60. The molecule has 0 saturated carbocycles. The van der Waals surface area contributed by atoms with Crippen molar-refractivity contribution in [2.75, 3.05) is 0 Å². The SMILES string of the molecule is C.C.c1ccc(-c2nc(-c3ccccc3)nc(-c3cc(-n4c5ccccc5c5ccc6c7ccccc7oc6c54)ccc3-n3c4ccccc4c4ccc5c6ccccc6oc5c43)n2)cc1. The van der Waals surface area contributed by atoms with Gasteiger partial charge in [-0.15, -0.1) is 0 Å². The lowest BCUT2D eigenvalue weighted by molar-refractivity contribution is 0.670. The average molecular weight is 852 g/mol. The number of benzene rings is 9. The quantitative estimate of drug-likeness (QED) is 0.172. The first kappa shape index (κ1) is 38.8. The van der Waals surface area contributed by atoms with Crippen LogP contribution in [0.25, 0.3) is 133 Å². The molecule has 14 rings (SSSR count). The van der Waals surface area contributed by atoms with Gasteiger partial charge < -0.3 is 18.0 Å². The minimum atomic E-state index is 0. The summed E-state index contributed by atoms with van der Waals surface area (Å²) in [6, 6.07) is 69.5. The first-order valence-corrected chi connectivity index (χ1v) is 21.4. The second-order valence-corrected chi connectivity index (χ2v) is 16.3. The van der Waals surface area contributed by atoms with Gasteiger partial charge in [0.25, 0.3) is 0 Å². The number of rotatable bonds is 5. The number of aromatic nitrogens is 5. The van der Waals surface area contributed by atoms with Crippen LogP contribution in [0.1, 0.15) is 14.9 Å². The van der Waals surface area contributed by atoms with Crippen LogP contribution in [-0.2, 0) is 0 Å². The Morgan fingerprint density at radius 1 is 0.333 bits per heavy atom. The van der Waals surface area contributed by atoms with E-state index in [4.69, 9.17) is 23.8 Å². The van der Waals surface area contributed by atoms with Crippen LogP contribution in [0, 0.1) is 0 Å². The van der Waals surface area contributed by atoms with Gasteiger partial charge in [-0.1, -0.05) is 160 Å². The van der Waals surface area contributed by atoms with Crippen molar-refractivity contribution in [3.63, 3.8) is 0 Å². The number of fused-ring (bicyclic) bond motifs is 14. The van der Waals surface area contributed by atoms with Gasteiger partial charge in [-0.05, 0) is 54.6 Å². The molecule has 0 amide bonds. The molecule has 0 aliphatic heterocycles. The molecule has 0 N–H and O–H groups in total. The predicted molar refractivity (Wildman–Crippen MR) is 273 cm³/mol. The molecule has 0 saturated heterocycles. The van der Waals surface area contributed by atoms with Crippen LogP contribution in [0.2, 0.25) is 0 Å². The zero-order valence-electron chi connectivity index (χ0n) is 34.1. The molecule has 0 atom stereocenters. The molecular formula is C59H41N5O2. The standard InChI is InChI=1S/C57H33N5O2.2CH4/c1-3-15-34(16-4-1)55-58-56(35-17-5-2-6-18-35)60-57(59-55)45-33-36(61-46-23-11-7-19-37(46)41-28-30-43-39-21-9-13-25-49(39)63-53(43)51(41)61)27-32-48(45)62-47-24-12-8-20-38(47)42-29-31-44-40-22-10-14-26-50(40)64-54(44)52(42)62;;/h1-33H;2*1H4. The Bertz CT molecular complexity index is 4140. The summed E-state index contributed by atoms with van der Waals surface area (Å²) < 4.78 is 18.3. The van der Waals surface area contributed by atoms with Gasteiger partial charge in [-0.25, -0.2) is 15.0 Å². The second-order valence-electron chi connectivity index (χ2n) is 16.3. The molecule has 0 unspecified atom stereocenters. The molecular weight excluding hydrogens is 811 g/mol. The zero-order chi connectivity index (χ0) is 41.9. The lowest BCUT2D eigenvalue weighted by Gasteiger charge is -2.17. The Labute approximate surface area is 379 Å². The van der Waals surface area contributed by atoms with E-state index in [9.17, 15) is 0 Å². The maximum Gasteiger partial charge on any atom is 0.166 e. The maximum absolute atomic E-state index is 6.83. The molecule has 0 radical (unpaired) electrons. The van der Waals surface area contributed by atoms with Crippen molar-refractivity contribution in [1.82, 2.24) is 24.1 Å². The summed E-state index contributed by atoms with van der Waals surface area (Å²) in [6.45, 7) is 0. The number of hydrogen-bond acceptors (Lipinski definition) is 5. The minimum Gasteiger partial charge on any atom is -0.454 e. The number of hydrogen-bond donors (Lipinski definition) is 0. The van der Waals surface area contributed by atoms with E-state index in [1.807, 2.05) is 84.9 Å². The fraction of sp³-hybridized carbons (Fsp3) is 0.0339. The lowest BCUT2D eigenvalue weighted by atomic mass is 10.1. The van der Waals surface area contributed by atoms with Crippen molar-refractivity contribution in [2.45, 2.75) is 14.9 Å². The topological polar surface area (TPSA) is 74.8 Å². The Morgan fingerprint density at radius 3 is 1.30 bits per heavy atom. The van der Waals surface area contributed by atoms with E-state index >= 15 is 0 Å². The van der Waals surface area contributed by atoms with E-state index < -0.39 is 0 Å². The Morgan fingerprint density at radius 2 is 0.758 bits per heavy atom. The molecule has 5 heterocycles. The van der Waals surface area contributed by atoms with Crippen LogP contribution >= 0.6 is 0 Å². The van der Waals surface area contributed by atoms with Gasteiger partial charge in [0.2, 0.25) is 0 Å². The highest BCUT2D eigenvalue weighted by Crippen LogP contribution is 2.44. The molecule has 66 heavy (non-hydrogen) atoms. The third-order valence-corrected chi connectivity index (χ3v) is 12.8. The molecule has 7 nitrogen and oxygen atoms in total. The van der Waals surface area contributed by atoms with E-state index in [-0.39, 0.29) is 14.9 Å². The zero-order valence-corrected chi connectivity index (χ0v) is 34.1. The summed E-state index contributed by atoms with van der Waals surface area (Å²) in [4.78, 5) is 15.8. The van der Waals surface area contributed by atoms with Crippen LogP contribution in [-0.4, -0.2) is 24.1 Å². The van der Waals surface area contributed by atoms with Gasteiger partial charge in [0.15, 0.2) is 28.6 Å². The first-order valence-electron chi connectivity index (χ1n) is 21.4. The van der Waals surface area contributed by atoms with E-state index in [1.165, 1.54) is 0 Å². The highest BCUT2D eigenvalue weighted by Gasteiger charge is 2.25. The van der Waals surface area contributed by atoms with E-state index in [1.54, 1.807) is 0 Å². The van der Waals surface area contributed by atoms with E-state index in [0.717, 1.165) is 116 Å². The summed E-state index contributed by atoms with van der Waals surface area (Å²) in [7, 11) is 0. The molecule has 0 fully saturated rings. The summed E-state index contributed by atoms with van der Waals surface area (Å²) >= 11 is 0. The summed E-state index contributed by atoms with van der Waals surface area (Å²) in [6.07, 6.45) is 0. The van der Waals surface area contributed by atoms with Crippen molar-refractivity contribution in [2.24, 2.45) is 0 Å².